The summed E-state index contributed by atoms with van der Waals surface area (Å²) in [5.41, 5.74) is -0.0596. The van der Waals surface area contributed by atoms with Gasteiger partial charge in [-0.1, -0.05) is 6.92 Å². The molecular formula is C12H18N2O2. The molecule has 4 nitrogen and oxygen atoms in total. The van der Waals surface area contributed by atoms with Gasteiger partial charge in [0.05, 0.1) is 0 Å². The first-order chi connectivity index (χ1) is 7.62. The van der Waals surface area contributed by atoms with Crippen LogP contribution in [-0.2, 0) is 9.59 Å². The summed E-state index contributed by atoms with van der Waals surface area (Å²) < 4.78 is 0. The van der Waals surface area contributed by atoms with Crippen LogP contribution in [0.2, 0.25) is 0 Å². The van der Waals surface area contributed by atoms with Gasteiger partial charge in [0.15, 0.2) is 0 Å². The molecule has 4 heteroatoms. The number of amides is 2. The van der Waals surface area contributed by atoms with Crippen molar-refractivity contribution < 1.29 is 9.59 Å². The third-order valence-electron chi connectivity index (χ3n) is 4.93. The first-order valence-electron chi connectivity index (χ1n) is 6.18. The molecule has 4 aliphatic heterocycles. The normalized spacial score (nSPS) is 47.2. The van der Waals surface area contributed by atoms with Gasteiger partial charge in [0.25, 0.3) is 0 Å². The van der Waals surface area contributed by atoms with Crippen molar-refractivity contribution in [1.82, 2.24) is 10.2 Å². The molecule has 4 heterocycles. The number of piperidine rings is 4. The predicted molar refractivity (Wildman–Crippen MR) is 58.5 cm³/mol. The van der Waals surface area contributed by atoms with E-state index in [2.05, 4.69) is 10.2 Å². The fourth-order valence-electron chi connectivity index (χ4n) is 3.91. The van der Waals surface area contributed by atoms with Gasteiger partial charge in [0.2, 0.25) is 11.8 Å². The van der Waals surface area contributed by atoms with Gasteiger partial charge in [-0.05, 0) is 31.8 Å². The molecule has 4 rings (SSSR count). The lowest BCUT2D eigenvalue weighted by atomic mass is 9.57. The summed E-state index contributed by atoms with van der Waals surface area (Å²) in [6.45, 7) is 5.23. The van der Waals surface area contributed by atoms with Gasteiger partial charge in [0, 0.05) is 24.3 Å². The molecular weight excluding hydrogens is 204 g/mol. The number of carbonyl (C=O) groups is 2. The maximum atomic E-state index is 11.8. The number of hydrogen-bond acceptors (Lipinski definition) is 3. The zero-order valence-electron chi connectivity index (χ0n) is 9.66. The van der Waals surface area contributed by atoms with Gasteiger partial charge in [-0.3, -0.25) is 14.9 Å². The maximum Gasteiger partial charge on any atom is 0.230 e. The summed E-state index contributed by atoms with van der Waals surface area (Å²) in [6.07, 6.45) is 2.86. The molecule has 0 aliphatic carbocycles. The molecule has 0 radical (unpaired) electrons. The molecule has 1 spiro atoms. The molecule has 2 atom stereocenters. The Bertz CT molecular complexity index is 347. The Balaban J connectivity index is 1.96. The quantitative estimate of drug-likeness (QED) is 0.603. The Morgan fingerprint density at radius 2 is 2.00 bits per heavy atom. The number of carbonyl (C=O) groups excluding carboxylic acids is 2. The van der Waals surface area contributed by atoms with E-state index >= 15 is 0 Å². The lowest BCUT2D eigenvalue weighted by Gasteiger charge is -2.56. The summed E-state index contributed by atoms with van der Waals surface area (Å²) >= 11 is 0. The predicted octanol–water partition coefficient (Wildman–Crippen LogP) is 0.381. The van der Waals surface area contributed by atoms with Crippen LogP contribution in [0, 0.1) is 17.3 Å². The highest BCUT2D eigenvalue weighted by atomic mass is 16.2. The van der Waals surface area contributed by atoms with Crippen molar-refractivity contribution in [3.63, 3.8) is 0 Å². The summed E-state index contributed by atoms with van der Waals surface area (Å²) in [5, 5.41) is 2.46. The number of nitrogens with zero attached hydrogens (tertiary/aromatic N) is 1. The Kier molecular flexibility index (Phi) is 2.11. The van der Waals surface area contributed by atoms with Gasteiger partial charge < -0.3 is 4.90 Å². The van der Waals surface area contributed by atoms with E-state index in [1.165, 1.54) is 0 Å². The number of imide groups is 1. The lowest BCUT2D eigenvalue weighted by molar-refractivity contribution is -0.154. The lowest BCUT2D eigenvalue weighted by Crippen LogP contribution is -2.63. The highest BCUT2D eigenvalue weighted by molar-refractivity contribution is 5.99. The fourth-order valence-corrected chi connectivity index (χ4v) is 3.91. The van der Waals surface area contributed by atoms with Crippen LogP contribution in [0.5, 0.6) is 0 Å². The van der Waals surface area contributed by atoms with Crippen LogP contribution in [0.15, 0.2) is 0 Å². The molecule has 4 aliphatic rings. The molecule has 2 bridgehead atoms. The van der Waals surface area contributed by atoms with E-state index in [1.807, 2.05) is 6.92 Å². The summed E-state index contributed by atoms with van der Waals surface area (Å²) in [4.78, 5) is 25.8. The van der Waals surface area contributed by atoms with Crippen molar-refractivity contribution in [2.45, 2.75) is 26.2 Å². The van der Waals surface area contributed by atoms with Crippen molar-refractivity contribution in [2.75, 3.05) is 19.6 Å². The van der Waals surface area contributed by atoms with Crippen LogP contribution in [0.25, 0.3) is 0 Å². The molecule has 0 aromatic heterocycles. The fraction of sp³-hybridized carbons (Fsp3) is 0.833. The molecule has 4 fully saturated rings. The highest BCUT2D eigenvalue weighted by Gasteiger charge is 2.55. The molecule has 88 valence electrons. The van der Waals surface area contributed by atoms with E-state index in [-0.39, 0.29) is 23.1 Å². The number of fused-ring (bicyclic) bond motifs is 2. The Labute approximate surface area is 95.4 Å². The molecule has 0 aromatic rings. The first kappa shape index (κ1) is 10.3. The van der Waals surface area contributed by atoms with E-state index in [0.717, 1.165) is 32.5 Å². The van der Waals surface area contributed by atoms with Crippen LogP contribution >= 0.6 is 0 Å². The SMILES string of the molecule is CC1C(=O)NC(=O)CC12CN1CCC2CC1. The van der Waals surface area contributed by atoms with Crippen LogP contribution in [0.1, 0.15) is 26.2 Å². The molecule has 4 saturated heterocycles. The minimum Gasteiger partial charge on any atom is -0.303 e. The smallest absolute Gasteiger partial charge is 0.230 e. The Morgan fingerprint density at radius 3 is 2.56 bits per heavy atom. The average Bonchev–Trinajstić information content (AvgIpc) is 2.27. The van der Waals surface area contributed by atoms with Crippen LogP contribution in [0.4, 0.5) is 0 Å². The molecule has 1 N–H and O–H groups in total. The van der Waals surface area contributed by atoms with Gasteiger partial charge in [-0.25, -0.2) is 0 Å². The van der Waals surface area contributed by atoms with Crippen LogP contribution < -0.4 is 5.32 Å². The van der Waals surface area contributed by atoms with E-state index in [4.69, 9.17) is 0 Å². The van der Waals surface area contributed by atoms with Gasteiger partial charge in [-0.2, -0.15) is 0 Å². The van der Waals surface area contributed by atoms with Gasteiger partial charge >= 0.3 is 0 Å². The summed E-state index contributed by atoms with van der Waals surface area (Å²) in [6, 6.07) is 0. The Hall–Kier alpha value is -0.900. The second-order valence-corrected chi connectivity index (χ2v) is 5.59. The zero-order valence-corrected chi connectivity index (χ0v) is 9.66. The molecule has 2 unspecified atom stereocenters. The molecule has 16 heavy (non-hydrogen) atoms. The van der Waals surface area contributed by atoms with Gasteiger partial charge in [0.1, 0.15) is 0 Å². The average molecular weight is 222 g/mol. The van der Waals surface area contributed by atoms with E-state index in [1.54, 1.807) is 0 Å². The van der Waals surface area contributed by atoms with E-state index in [0.29, 0.717) is 12.3 Å². The van der Waals surface area contributed by atoms with Crippen molar-refractivity contribution in [3.8, 4) is 0 Å². The van der Waals surface area contributed by atoms with Crippen LogP contribution in [0.3, 0.4) is 0 Å². The van der Waals surface area contributed by atoms with Crippen LogP contribution in [-0.4, -0.2) is 36.3 Å². The topological polar surface area (TPSA) is 49.4 Å². The van der Waals surface area contributed by atoms with Crippen molar-refractivity contribution in [1.29, 1.82) is 0 Å². The third kappa shape index (κ3) is 1.25. The van der Waals surface area contributed by atoms with Crippen molar-refractivity contribution >= 4 is 11.8 Å². The number of hydrogen-bond donors (Lipinski definition) is 1. The maximum absolute atomic E-state index is 11.8. The van der Waals surface area contributed by atoms with Crippen molar-refractivity contribution in [3.05, 3.63) is 0 Å². The number of rotatable bonds is 0. The number of nitrogens with one attached hydrogen (secondary N) is 1. The summed E-state index contributed by atoms with van der Waals surface area (Å²) in [7, 11) is 0. The van der Waals surface area contributed by atoms with Crippen molar-refractivity contribution in [2.24, 2.45) is 17.3 Å². The standard InChI is InChI=1S/C12H18N2O2/c1-8-11(16)13-10(15)6-12(8)7-14-4-2-9(12)3-5-14/h8-9H,2-7H2,1H3,(H,13,15,16). The minimum atomic E-state index is -0.0724. The highest BCUT2D eigenvalue weighted by Crippen LogP contribution is 2.50. The monoisotopic (exact) mass is 222 g/mol. The first-order valence-corrected chi connectivity index (χ1v) is 6.18. The van der Waals surface area contributed by atoms with E-state index in [9.17, 15) is 9.59 Å². The second-order valence-electron chi connectivity index (χ2n) is 5.59. The van der Waals surface area contributed by atoms with Gasteiger partial charge in [-0.15, -0.1) is 0 Å². The third-order valence-corrected chi connectivity index (χ3v) is 4.93. The molecule has 2 amide bonds. The largest absolute Gasteiger partial charge is 0.303 e. The minimum absolute atomic E-state index is 0.0155. The second kappa shape index (κ2) is 3.29. The molecule has 0 saturated carbocycles. The molecule has 0 aromatic carbocycles. The van der Waals surface area contributed by atoms with E-state index < -0.39 is 0 Å². The summed E-state index contributed by atoms with van der Waals surface area (Å²) in [5.74, 6) is 0.419. The zero-order chi connectivity index (χ0) is 11.3. The Morgan fingerprint density at radius 1 is 1.31 bits per heavy atom.